The third kappa shape index (κ3) is 2.06. The van der Waals surface area contributed by atoms with E-state index in [1.165, 1.54) is 10.9 Å². The average molecular weight is 212 g/mol. The Labute approximate surface area is 96.0 Å². The summed E-state index contributed by atoms with van der Waals surface area (Å²) in [5, 5.41) is 4.52. The van der Waals surface area contributed by atoms with E-state index in [0.717, 1.165) is 23.4 Å². The molecule has 0 bridgehead atoms. The van der Waals surface area contributed by atoms with Crippen molar-refractivity contribution in [3.63, 3.8) is 0 Å². The lowest BCUT2D eigenvalue weighted by Gasteiger charge is -2.09. The van der Waals surface area contributed by atoms with Crippen molar-refractivity contribution in [2.45, 2.75) is 13.8 Å². The van der Waals surface area contributed by atoms with E-state index in [-0.39, 0.29) is 0 Å². The van der Waals surface area contributed by atoms with Crippen LogP contribution in [0.2, 0.25) is 0 Å². The number of rotatable bonds is 3. The second kappa shape index (κ2) is 4.35. The summed E-state index contributed by atoms with van der Waals surface area (Å²) in [5.41, 5.74) is 4.45. The molecular formula is C14H16N2. The van der Waals surface area contributed by atoms with Gasteiger partial charge in [0.25, 0.3) is 0 Å². The summed E-state index contributed by atoms with van der Waals surface area (Å²) in [6, 6.07) is 8.39. The van der Waals surface area contributed by atoms with Crippen LogP contribution in [0.5, 0.6) is 0 Å². The maximum absolute atomic E-state index is 4.52. The molecule has 0 atom stereocenters. The molecule has 0 saturated carbocycles. The monoisotopic (exact) mass is 212 g/mol. The van der Waals surface area contributed by atoms with Crippen LogP contribution in [0.3, 0.4) is 0 Å². The predicted octanol–water partition coefficient (Wildman–Crippen LogP) is 3.45. The molecule has 0 saturated heterocycles. The smallest absolute Gasteiger partial charge is 0.0726 e. The molecule has 0 radical (unpaired) electrons. The van der Waals surface area contributed by atoms with Crippen LogP contribution < -0.4 is 5.32 Å². The SMILES string of the molecule is C=CCNc1cc(C)nc2ccc(C)cc12. The van der Waals surface area contributed by atoms with Crippen molar-refractivity contribution in [1.29, 1.82) is 0 Å². The fourth-order valence-electron chi connectivity index (χ4n) is 1.80. The Bertz CT molecular complexity index is 529. The van der Waals surface area contributed by atoms with Gasteiger partial charge in [-0.25, -0.2) is 0 Å². The second-order valence-electron chi connectivity index (χ2n) is 4.00. The number of pyridine rings is 1. The van der Waals surface area contributed by atoms with Crippen molar-refractivity contribution in [3.8, 4) is 0 Å². The number of aromatic nitrogens is 1. The first kappa shape index (κ1) is 10.7. The molecule has 82 valence electrons. The third-order valence-electron chi connectivity index (χ3n) is 2.53. The molecule has 1 aromatic carbocycles. The van der Waals surface area contributed by atoms with Crippen molar-refractivity contribution >= 4 is 16.6 Å². The van der Waals surface area contributed by atoms with E-state index in [1.807, 2.05) is 13.0 Å². The van der Waals surface area contributed by atoms with E-state index < -0.39 is 0 Å². The van der Waals surface area contributed by atoms with Crippen LogP contribution in [0.4, 0.5) is 5.69 Å². The van der Waals surface area contributed by atoms with E-state index in [2.05, 4.69) is 48.1 Å². The number of nitrogens with zero attached hydrogens (tertiary/aromatic N) is 1. The summed E-state index contributed by atoms with van der Waals surface area (Å²) in [6.45, 7) is 8.59. The van der Waals surface area contributed by atoms with Gasteiger partial charge in [-0.3, -0.25) is 4.98 Å². The molecular weight excluding hydrogens is 196 g/mol. The van der Waals surface area contributed by atoms with Gasteiger partial charge in [-0.2, -0.15) is 0 Å². The highest BCUT2D eigenvalue weighted by Gasteiger charge is 2.03. The fraction of sp³-hybridized carbons (Fsp3) is 0.214. The first-order valence-electron chi connectivity index (χ1n) is 5.43. The van der Waals surface area contributed by atoms with Crippen LogP contribution in [0.25, 0.3) is 10.9 Å². The molecule has 0 aliphatic rings. The van der Waals surface area contributed by atoms with E-state index in [1.54, 1.807) is 0 Å². The first-order valence-corrected chi connectivity index (χ1v) is 5.43. The number of hydrogen-bond donors (Lipinski definition) is 1. The van der Waals surface area contributed by atoms with Crippen molar-refractivity contribution in [2.75, 3.05) is 11.9 Å². The fourth-order valence-corrected chi connectivity index (χ4v) is 1.80. The molecule has 0 aliphatic heterocycles. The molecule has 0 fully saturated rings. The molecule has 1 aromatic heterocycles. The zero-order valence-electron chi connectivity index (χ0n) is 9.75. The van der Waals surface area contributed by atoms with Gasteiger partial charge in [-0.05, 0) is 32.0 Å². The summed E-state index contributed by atoms with van der Waals surface area (Å²) in [6.07, 6.45) is 1.86. The van der Waals surface area contributed by atoms with Crippen LogP contribution in [0, 0.1) is 13.8 Å². The lowest BCUT2D eigenvalue weighted by molar-refractivity contribution is 1.24. The highest BCUT2D eigenvalue weighted by molar-refractivity contribution is 5.92. The zero-order chi connectivity index (χ0) is 11.5. The lowest BCUT2D eigenvalue weighted by atomic mass is 10.1. The van der Waals surface area contributed by atoms with Gasteiger partial charge in [-0.1, -0.05) is 17.7 Å². The number of nitrogens with one attached hydrogen (secondary N) is 1. The van der Waals surface area contributed by atoms with E-state index >= 15 is 0 Å². The van der Waals surface area contributed by atoms with Crippen molar-refractivity contribution < 1.29 is 0 Å². The second-order valence-corrected chi connectivity index (χ2v) is 4.00. The summed E-state index contributed by atoms with van der Waals surface area (Å²) in [4.78, 5) is 4.52. The molecule has 0 amide bonds. The minimum Gasteiger partial charge on any atom is -0.381 e. The molecule has 1 N–H and O–H groups in total. The maximum Gasteiger partial charge on any atom is 0.0726 e. The van der Waals surface area contributed by atoms with Crippen LogP contribution >= 0.6 is 0 Å². The van der Waals surface area contributed by atoms with Crippen LogP contribution in [0.1, 0.15) is 11.3 Å². The summed E-state index contributed by atoms with van der Waals surface area (Å²) in [5.74, 6) is 0. The van der Waals surface area contributed by atoms with Gasteiger partial charge in [-0.15, -0.1) is 6.58 Å². The van der Waals surface area contributed by atoms with Gasteiger partial charge in [0, 0.05) is 23.3 Å². The van der Waals surface area contributed by atoms with Crippen LogP contribution in [-0.4, -0.2) is 11.5 Å². The molecule has 2 aromatic rings. The van der Waals surface area contributed by atoms with Crippen molar-refractivity contribution in [1.82, 2.24) is 4.98 Å². The van der Waals surface area contributed by atoms with E-state index in [0.29, 0.717) is 0 Å². The van der Waals surface area contributed by atoms with Gasteiger partial charge in [0.2, 0.25) is 0 Å². The molecule has 2 rings (SSSR count). The number of anilines is 1. The molecule has 2 nitrogen and oxygen atoms in total. The predicted molar refractivity (Wildman–Crippen MR) is 69.9 cm³/mol. The Kier molecular flexibility index (Phi) is 2.91. The Balaban J connectivity index is 2.59. The van der Waals surface area contributed by atoms with Gasteiger partial charge in [0.15, 0.2) is 0 Å². The molecule has 16 heavy (non-hydrogen) atoms. The van der Waals surface area contributed by atoms with E-state index in [4.69, 9.17) is 0 Å². The number of fused-ring (bicyclic) bond motifs is 1. The minimum atomic E-state index is 0.770. The molecule has 0 unspecified atom stereocenters. The Morgan fingerprint density at radius 3 is 2.88 bits per heavy atom. The first-order chi connectivity index (χ1) is 7.70. The van der Waals surface area contributed by atoms with Gasteiger partial charge < -0.3 is 5.32 Å². The van der Waals surface area contributed by atoms with Crippen molar-refractivity contribution in [3.05, 3.63) is 48.2 Å². The molecule has 0 aliphatic carbocycles. The quantitative estimate of drug-likeness (QED) is 0.788. The normalized spacial score (nSPS) is 10.4. The van der Waals surface area contributed by atoms with Crippen molar-refractivity contribution in [2.24, 2.45) is 0 Å². The molecule has 2 heteroatoms. The highest BCUT2D eigenvalue weighted by Crippen LogP contribution is 2.24. The highest BCUT2D eigenvalue weighted by atomic mass is 14.9. The van der Waals surface area contributed by atoms with Gasteiger partial charge >= 0.3 is 0 Å². The number of hydrogen-bond acceptors (Lipinski definition) is 2. The topological polar surface area (TPSA) is 24.9 Å². The standard InChI is InChI=1S/C14H16N2/c1-4-7-15-14-9-11(3)16-13-6-5-10(2)8-12(13)14/h4-6,8-9H,1,7H2,2-3H3,(H,15,16). The maximum atomic E-state index is 4.52. The minimum absolute atomic E-state index is 0.770. The number of benzene rings is 1. The third-order valence-corrected chi connectivity index (χ3v) is 2.53. The Morgan fingerprint density at radius 1 is 1.31 bits per heavy atom. The summed E-state index contributed by atoms with van der Waals surface area (Å²) >= 11 is 0. The zero-order valence-corrected chi connectivity index (χ0v) is 9.75. The Hall–Kier alpha value is -1.83. The van der Waals surface area contributed by atoms with Gasteiger partial charge in [0.1, 0.15) is 0 Å². The summed E-state index contributed by atoms with van der Waals surface area (Å²) < 4.78 is 0. The molecule has 0 spiro atoms. The van der Waals surface area contributed by atoms with Gasteiger partial charge in [0.05, 0.1) is 5.52 Å². The Morgan fingerprint density at radius 2 is 2.12 bits per heavy atom. The average Bonchev–Trinajstić information content (AvgIpc) is 2.26. The van der Waals surface area contributed by atoms with Crippen LogP contribution in [-0.2, 0) is 0 Å². The lowest BCUT2D eigenvalue weighted by Crippen LogP contribution is -2.00. The molecule has 1 heterocycles. The van der Waals surface area contributed by atoms with E-state index in [9.17, 15) is 0 Å². The summed E-state index contributed by atoms with van der Waals surface area (Å²) in [7, 11) is 0. The largest absolute Gasteiger partial charge is 0.381 e. The number of aryl methyl sites for hydroxylation is 2. The van der Waals surface area contributed by atoms with Crippen LogP contribution in [0.15, 0.2) is 36.9 Å².